The van der Waals surface area contributed by atoms with Crippen LogP contribution in [0.1, 0.15) is 65.5 Å². The molecule has 1 saturated heterocycles. The van der Waals surface area contributed by atoms with Crippen molar-refractivity contribution >= 4 is 18.0 Å². The van der Waals surface area contributed by atoms with Gasteiger partial charge in [-0.05, 0) is 70.5 Å². The zero-order valence-electron chi connectivity index (χ0n) is 26.7. The van der Waals surface area contributed by atoms with Crippen LogP contribution in [0.5, 0.6) is 0 Å². The van der Waals surface area contributed by atoms with Gasteiger partial charge in [0.1, 0.15) is 24.3 Å². The Kier molecular flexibility index (Phi) is 12.6. The summed E-state index contributed by atoms with van der Waals surface area (Å²) < 4.78 is 16.6. The molecule has 0 bridgehead atoms. The van der Waals surface area contributed by atoms with Gasteiger partial charge in [0.15, 0.2) is 0 Å². The summed E-state index contributed by atoms with van der Waals surface area (Å²) >= 11 is 0. The summed E-state index contributed by atoms with van der Waals surface area (Å²) in [5, 5.41) is 3.25. The average molecular weight is 596 g/mol. The highest BCUT2D eigenvalue weighted by molar-refractivity contribution is 5.76. The quantitative estimate of drug-likeness (QED) is 0.250. The molecule has 4 atom stereocenters. The fraction of sp³-hybridized carbons (Fsp3) is 0.559. The lowest BCUT2D eigenvalue weighted by Gasteiger charge is -2.33. The van der Waals surface area contributed by atoms with Gasteiger partial charge < -0.3 is 19.5 Å². The van der Waals surface area contributed by atoms with Gasteiger partial charge in [-0.2, -0.15) is 0 Å². The number of esters is 2. The standard InChI is InChI=1S/C34H49N3O6/c1-24(2)20-30(32(39)42-22-27-16-12-9-13-17-27)36-23-37(33(40)43-34(4,5)6)29(21-26-14-10-8-11-15-26)28(36)18-19-35-25(3)31(38)41-7/h8-17,24-25,28-30,35H,18-23H2,1-7H3/t25-,28-,29-,30-/m0/s1. The number of nitrogens with one attached hydrogen (secondary N) is 1. The first-order valence-electron chi connectivity index (χ1n) is 15.2. The minimum Gasteiger partial charge on any atom is -0.468 e. The van der Waals surface area contributed by atoms with Crippen LogP contribution in [0, 0.1) is 5.92 Å². The molecule has 2 aromatic carbocycles. The summed E-state index contributed by atoms with van der Waals surface area (Å²) in [7, 11) is 1.37. The van der Waals surface area contributed by atoms with Gasteiger partial charge in [-0.3, -0.25) is 19.4 Å². The lowest BCUT2D eigenvalue weighted by molar-refractivity contribution is -0.153. The summed E-state index contributed by atoms with van der Waals surface area (Å²) in [5.74, 6) is -0.458. The third-order valence-electron chi connectivity index (χ3n) is 7.54. The molecule has 3 rings (SSSR count). The first-order valence-corrected chi connectivity index (χ1v) is 15.2. The number of hydrogen-bond donors (Lipinski definition) is 1. The number of nitrogens with zero attached hydrogens (tertiary/aromatic N) is 2. The minimum absolute atomic E-state index is 0.175. The second-order valence-corrected chi connectivity index (χ2v) is 12.7. The topological polar surface area (TPSA) is 97.4 Å². The van der Waals surface area contributed by atoms with Crippen LogP contribution in [-0.2, 0) is 36.8 Å². The summed E-state index contributed by atoms with van der Waals surface area (Å²) in [4.78, 5) is 43.4. The van der Waals surface area contributed by atoms with Crippen molar-refractivity contribution in [2.75, 3.05) is 20.3 Å². The lowest BCUT2D eigenvalue weighted by atomic mass is 9.94. The van der Waals surface area contributed by atoms with Crippen LogP contribution >= 0.6 is 0 Å². The lowest BCUT2D eigenvalue weighted by Crippen LogP contribution is -2.49. The molecule has 1 amide bonds. The van der Waals surface area contributed by atoms with Crippen LogP contribution in [-0.4, -0.2) is 77.9 Å². The average Bonchev–Trinajstić information content (AvgIpc) is 3.31. The first-order chi connectivity index (χ1) is 20.4. The molecule has 1 N–H and O–H groups in total. The van der Waals surface area contributed by atoms with Crippen molar-refractivity contribution in [3.8, 4) is 0 Å². The molecule has 2 aromatic rings. The van der Waals surface area contributed by atoms with E-state index in [1.165, 1.54) is 7.11 Å². The van der Waals surface area contributed by atoms with Crippen LogP contribution < -0.4 is 5.32 Å². The van der Waals surface area contributed by atoms with Gasteiger partial charge in [0.05, 0.1) is 19.8 Å². The van der Waals surface area contributed by atoms with E-state index in [4.69, 9.17) is 14.2 Å². The summed E-state index contributed by atoms with van der Waals surface area (Å²) in [6.07, 6.45) is 1.31. The van der Waals surface area contributed by atoms with E-state index in [1.807, 2.05) is 81.4 Å². The Morgan fingerprint density at radius 2 is 1.51 bits per heavy atom. The van der Waals surface area contributed by atoms with Crippen LogP contribution in [0.3, 0.4) is 0 Å². The van der Waals surface area contributed by atoms with E-state index in [9.17, 15) is 14.4 Å². The fourth-order valence-electron chi connectivity index (χ4n) is 5.46. The number of rotatable bonds is 13. The molecule has 236 valence electrons. The Labute approximate surface area is 256 Å². The number of ether oxygens (including phenoxy) is 3. The molecule has 1 fully saturated rings. The van der Waals surface area contributed by atoms with Crippen molar-refractivity contribution in [1.29, 1.82) is 0 Å². The highest BCUT2D eigenvalue weighted by atomic mass is 16.6. The molecule has 9 heteroatoms. The molecular weight excluding hydrogens is 546 g/mol. The van der Waals surface area contributed by atoms with Crippen molar-refractivity contribution in [3.05, 3.63) is 71.8 Å². The Morgan fingerprint density at radius 3 is 2.07 bits per heavy atom. The molecular formula is C34H49N3O6. The summed E-state index contributed by atoms with van der Waals surface area (Å²) in [5.41, 5.74) is 1.31. The van der Waals surface area contributed by atoms with Crippen molar-refractivity contribution in [1.82, 2.24) is 15.1 Å². The third-order valence-corrected chi connectivity index (χ3v) is 7.54. The van der Waals surface area contributed by atoms with Crippen molar-refractivity contribution in [2.45, 2.75) is 97.2 Å². The number of carbonyl (C=O) groups is 3. The Hall–Kier alpha value is -3.43. The Morgan fingerprint density at radius 1 is 0.907 bits per heavy atom. The maximum Gasteiger partial charge on any atom is 0.411 e. The second-order valence-electron chi connectivity index (χ2n) is 12.7. The van der Waals surface area contributed by atoms with Crippen LogP contribution in [0.2, 0.25) is 0 Å². The van der Waals surface area contributed by atoms with E-state index in [2.05, 4.69) is 24.1 Å². The number of carbonyl (C=O) groups excluding carboxylic acids is 3. The summed E-state index contributed by atoms with van der Waals surface area (Å²) in [6.45, 7) is 12.4. The largest absolute Gasteiger partial charge is 0.468 e. The molecule has 0 aliphatic carbocycles. The van der Waals surface area contributed by atoms with Gasteiger partial charge in [0, 0.05) is 6.04 Å². The molecule has 1 aliphatic heterocycles. The van der Waals surface area contributed by atoms with Crippen molar-refractivity contribution in [2.24, 2.45) is 5.92 Å². The van der Waals surface area contributed by atoms with E-state index in [1.54, 1.807) is 11.8 Å². The SMILES string of the molecule is COC(=O)[C@H](C)NCC[C@H]1[C@H](Cc2ccccc2)N(C(=O)OC(C)(C)C)CN1[C@@H](CC(C)C)C(=O)OCc1ccccc1. The molecule has 1 aliphatic rings. The van der Waals surface area contributed by atoms with Crippen molar-refractivity contribution < 1.29 is 28.6 Å². The zero-order chi connectivity index (χ0) is 31.6. The maximum absolute atomic E-state index is 13.8. The van der Waals surface area contributed by atoms with Gasteiger partial charge in [-0.25, -0.2) is 4.79 Å². The smallest absolute Gasteiger partial charge is 0.411 e. The van der Waals surface area contributed by atoms with Crippen LogP contribution in [0.25, 0.3) is 0 Å². The zero-order valence-corrected chi connectivity index (χ0v) is 26.7. The molecule has 43 heavy (non-hydrogen) atoms. The molecule has 0 saturated carbocycles. The molecule has 0 unspecified atom stereocenters. The maximum atomic E-state index is 13.8. The number of amides is 1. The van der Waals surface area contributed by atoms with E-state index < -0.39 is 23.8 Å². The first kappa shape index (κ1) is 34.1. The van der Waals surface area contributed by atoms with E-state index in [0.717, 1.165) is 11.1 Å². The van der Waals surface area contributed by atoms with Gasteiger partial charge in [-0.15, -0.1) is 0 Å². The van der Waals surface area contributed by atoms with Crippen LogP contribution in [0.4, 0.5) is 4.79 Å². The predicted molar refractivity (Wildman–Crippen MR) is 166 cm³/mol. The normalized spacial score (nSPS) is 18.7. The monoisotopic (exact) mass is 595 g/mol. The molecule has 0 spiro atoms. The van der Waals surface area contributed by atoms with E-state index in [-0.39, 0.29) is 43.2 Å². The molecule has 0 aromatic heterocycles. The second kappa shape index (κ2) is 15.9. The molecule has 0 radical (unpaired) electrons. The highest BCUT2D eigenvalue weighted by Gasteiger charge is 2.48. The van der Waals surface area contributed by atoms with Gasteiger partial charge >= 0.3 is 18.0 Å². The summed E-state index contributed by atoms with van der Waals surface area (Å²) in [6, 6.07) is 18.1. The fourth-order valence-corrected chi connectivity index (χ4v) is 5.46. The molecule has 1 heterocycles. The van der Waals surface area contributed by atoms with Gasteiger partial charge in [-0.1, -0.05) is 74.5 Å². The third kappa shape index (κ3) is 10.4. The minimum atomic E-state index is -0.680. The Balaban J connectivity index is 1.96. The Bertz CT molecular complexity index is 1170. The van der Waals surface area contributed by atoms with Gasteiger partial charge in [0.2, 0.25) is 0 Å². The number of methoxy groups -OCH3 is 1. The van der Waals surface area contributed by atoms with E-state index >= 15 is 0 Å². The highest BCUT2D eigenvalue weighted by Crippen LogP contribution is 2.32. The van der Waals surface area contributed by atoms with Gasteiger partial charge in [0.25, 0.3) is 0 Å². The van der Waals surface area contributed by atoms with Crippen LogP contribution in [0.15, 0.2) is 60.7 Å². The van der Waals surface area contributed by atoms with E-state index in [0.29, 0.717) is 25.8 Å². The number of hydrogen-bond acceptors (Lipinski definition) is 8. The predicted octanol–water partition coefficient (Wildman–Crippen LogP) is 5.18. The molecule has 9 nitrogen and oxygen atoms in total. The number of benzene rings is 2. The van der Waals surface area contributed by atoms with Crippen molar-refractivity contribution in [3.63, 3.8) is 0 Å².